The van der Waals surface area contributed by atoms with Gasteiger partial charge in [-0.1, -0.05) is 6.58 Å². The smallest absolute Gasteiger partial charge is 0.306 e. The molecule has 0 unspecified atom stereocenters. The maximum atomic E-state index is 12.5. The average Bonchev–Trinajstić information content (AvgIpc) is 3.16. The number of carbonyl (C=O) groups is 3. The molecule has 0 radical (unpaired) electrons. The van der Waals surface area contributed by atoms with E-state index in [4.69, 9.17) is 4.74 Å². The first-order valence-corrected chi connectivity index (χ1v) is 7.53. The van der Waals surface area contributed by atoms with E-state index in [1.165, 1.54) is 6.08 Å². The number of cyclic esters (lactones) is 1. The lowest BCUT2D eigenvalue weighted by atomic mass is 9.84. The SMILES string of the molecule is C=CC(=O)NC1CC(N(C(=O)[C@H]2CCC(=O)O2)C2CC2)C1. The number of rotatable bonds is 5. The Morgan fingerprint density at radius 2 is 1.95 bits per heavy atom. The van der Waals surface area contributed by atoms with Gasteiger partial charge in [0.2, 0.25) is 5.91 Å². The van der Waals surface area contributed by atoms with Crippen LogP contribution in [0.5, 0.6) is 0 Å². The zero-order valence-electron chi connectivity index (χ0n) is 11.9. The highest BCUT2D eigenvalue weighted by Gasteiger charge is 2.46. The number of esters is 1. The molecule has 2 saturated carbocycles. The van der Waals surface area contributed by atoms with E-state index in [1.54, 1.807) is 0 Å². The van der Waals surface area contributed by atoms with E-state index in [-0.39, 0.29) is 35.9 Å². The summed E-state index contributed by atoms with van der Waals surface area (Å²) in [6.45, 7) is 3.43. The van der Waals surface area contributed by atoms with Crippen molar-refractivity contribution in [3.63, 3.8) is 0 Å². The lowest BCUT2D eigenvalue weighted by Crippen LogP contribution is -2.57. The molecule has 3 aliphatic rings. The highest BCUT2D eigenvalue weighted by molar-refractivity contribution is 5.88. The fourth-order valence-corrected chi connectivity index (χ4v) is 3.07. The summed E-state index contributed by atoms with van der Waals surface area (Å²) in [7, 11) is 0. The van der Waals surface area contributed by atoms with Gasteiger partial charge in [0.1, 0.15) is 0 Å². The molecule has 2 amide bonds. The molecule has 114 valence electrons. The average molecular weight is 292 g/mol. The minimum atomic E-state index is -0.597. The van der Waals surface area contributed by atoms with Gasteiger partial charge in [-0.25, -0.2) is 0 Å². The van der Waals surface area contributed by atoms with Crippen LogP contribution in [-0.2, 0) is 19.1 Å². The third-order valence-corrected chi connectivity index (χ3v) is 4.39. The second kappa shape index (κ2) is 5.50. The number of hydrogen-bond donors (Lipinski definition) is 1. The van der Waals surface area contributed by atoms with Crippen molar-refractivity contribution in [2.75, 3.05) is 0 Å². The molecule has 1 saturated heterocycles. The molecule has 21 heavy (non-hydrogen) atoms. The van der Waals surface area contributed by atoms with Gasteiger partial charge in [0.05, 0.1) is 0 Å². The Balaban J connectivity index is 1.56. The van der Waals surface area contributed by atoms with Crippen LogP contribution in [0.2, 0.25) is 0 Å². The van der Waals surface area contributed by atoms with Crippen molar-refractivity contribution in [1.29, 1.82) is 0 Å². The van der Waals surface area contributed by atoms with Crippen molar-refractivity contribution >= 4 is 17.8 Å². The standard InChI is InChI=1S/C15H20N2O4/c1-2-13(18)16-9-7-11(8-9)17(10-3-4-10)15(20)12-5-6-14(19)21-12/h2,9-12H,1,3-8H2,(H,16,18)/t9?,11?,12-/m1/s1. The highest BCUT2D eigenvalue weighted by Crippen LogP contribution is 2.37. The number of nitrogens with zero attached hydrogens (tertiary/aromatic N) is 1. The van der Waals surface area contributed by atoms with E-state index >= 15 is 0 Å². The molecule has 0 aromatic heterocycles. The summed E-state index contributed by atoms with van der Waals surface area (Å²) in [6.07, 6.45) is 5.06. The third-order valence-electron chi connectivity index (χ3n) is 4.39. The van der Waals surface area contributed by atoms with E-state index in [2.05, 4.69) is 11.9 Å². The maximum absolute atomic E-state index is 12.5. The topological polar surface area (TPSA) is 75.7 Å². The maximum Gasteiger partial charge on any atom is 0.306 e. The summed E-state index contributed by atoms with van der Waals surface area (Å²) in [6, 6.07) is 0.554. The van der Waals surface area contributed by atoms with Crippen LogP contribution in [0, 0.1) is 0 Å². The third kappa shape index (κ3) is 2.94. The Hall–Kier alpha value is -1.85. The zero-order chi connectivity index (χ0) is 15.0. The molecule has 0 bridgehead atoms. The summed E-state index contributed by atoms with van der Waals surface area (Å²) < 4.78 is 5.10. The first-order valence-electron chi connectivity index (χ1n) is 7.53. The second-order valence-electron chi connectivity index (χ2n) is 6.03. The first-order chi connectivity index (χ1) is 10.1. The van der Waals surface area contributed by atoms with Crippen molar-refractivity contribution in [3.8, 4) is 0 Å². The van der Waals surface area contributed by atoms with Crippen molar-refractivity contribution in [3.05, 3.63) is 12.7 Å². The van der Waals surface area contributed by atoms with Crippen LogP contribution in [-0.4, -0.2) is 46.9 Å². The molecule has 3 rings (SSSR count). The fourth-order valence-electron chi connectivity index (χ4n) is 3.07. The predicted octanol–water partition coefficient (Wildman–Crippen LogP) is 0.516. The van der Waals surface area contributed by atoms with Gasteiger partial charge in [-0.15, -0.1) is 0 Å². The summed E-state index contributed by atoms with van der Waals surface area (Å²) in [5, 5.41) is 2.85. The molecular weight excluding hydrogens is 272 g/mol. The van der Waals surface area contributed by atoms with Crippen LogP contribution in [0.15, 0.2) is 12.7 Å². The van der Waals surface area contributed by atoms with Gasteiger partial charge < -0.3 is 15.0 Å². The minimum absolute atomic E-state index is 0.0538. The molecule has 6 heteroatoms. The zero-order valence-corrected chi connectivity index (χ0v) is 11.9. The summed E-state index contributed by atoms with van der Waals surface area (Å²) in [5.41, 5.74) is 0. The largest absolute Gasteiger partial charge is 0.452 e. The quantitative estimate of drug-likeness (QED) is 0.592. The number of ether oxygens (including phenoxy) is 1. The van der Waals surface area contributed by atoms with Gasteiger partial charge >= 0.3 is 5.97 Å². The predicted molar refractivity (Wildman–Crippen MR) is 74.1 cm³/mol. The van der Waals surface area contributed by atoms with Crippen LogP contribution in [0.1, 0.15) is 38.5 Å². The van der Waals surface area contributed by atoms with Gasteiger partial charge in [-0.05, 0) is 31.8 Å². The number of nitrogens with one attached hydrogen (secondary N) is 1. The molecule has 2 aliphatic carbocycles. The summed E-state index contributed by atoms with van der Waals surface area (Å²) in [5.74, 6) is -0.511. The molecule has 1 aliphatic heterocycles. The van der Waals surface area contributed by atoms with Crippen molar-refractivity contribution in [1.82, 2.24) is 10.2 Å². The number of amides is 2. The van der Waals surface area contributed by atoms with E-state index in [1.807, 2.05) is 4.90 Å². The minimum Gasteiger partial charge on any atom is -0.452 e. The number of hydrogen-bond acceptors (Lipinski definition) is 4. The van der Waals surface area contributed by atoms with Gasteiger partial charge in [-0.3, -0.25) is 14.4 Å². The Labute approximate surface area is 123 Å². The van der Waals surface area contributed by atoms with Gasteiger partial charge in [0.15, 0.2) is 6.10 Å². The van der Waals surface area contributed by atoms with Gasteiger partial charge in [0.25, 0.3) is 5.91 Å². The molecule has 3 fully saturated rings. The number of carbonyl (C=O) groups excluding carboxylic acids is 3. The van der Waals surface area contributed by atoms with Crippen LogP contribution >= 0.6 is 0 Å². The molecule has 0 aromatic carbocycles. The van der Waals surface area contributed by atoms with Crippen molar-refractivity contribution in [2.45, 2.75) is 62.8 Å². The Bertz CT molecular complexity index is 480. The Morgan fingerprint density at radius 1 is 1.24 bits per heavy atom. The van der Waals surface area contributed by atoms with Crippen LogP contribution in [0.25, 0.3) is 0 Å². The summed E-state index contributed by atoms with van der Waals surface area (Å²) >= 11 is 0. The molecule has 1 atom stereocenters. The van der Waals surface area contributed by atoms with Crippen LogP contribution in [0.4, 0.5) is 0 Å². The molecule has 0 spiro atoms. The van der Waals surface area contributed by atoms with Crippen molar-refractivity contribution in [2.24, 2.45) is 0 Å². The van der Waals surface area contributed by atoms with Gasteiger partial charge in [-0.2, -0.15) is 0 Å². The Morgan fingerprint density at radius 3 is 2.48 bits per heavy atom. The molecule has 1 N–H and O–H groups in total. The lowest BCUT2D eigenvalue weighted by Gasteiger charge is -2.43. The molecule has 6 nitrogen and oxygen atoms in total. The molecular formula is C15H20N2O4. The Kier molecular flexibility index (Phi) is 3.69. The van der Waals surface area contributed by atoms with Crippen LogP contribution in [0.3, 0.4) is 0 Å². The van der Waals surface area contributed by atoms with Gasteiger partial charge in [0, 0.05) is 31.0 Å². The normalized spacial score (nSPS) is 31.0. The first kappa shape index (κ1) is 14.1. The van der Waals surface area contributed by atoms with E-state index < -0.39 is 6.10 Å². The van der Waals surface area contributed by atoms with E-state index in [9.17, 15) is 14.4 Å². The van der Waals surface area contributed by atoms with Crippen molar-refractivity contribution < 1.29 is 19.1 Å². The lowest BCUT2D eigenvalue weighted by molar-refractivity contribution is -0.156. The second-order valence-corrected chi connectivity index (χ2v) is 6.03. The fraction of sp³-hybridized carbons (Fsp3) is 0.667. The highest BCUT2D eigenvalue weighted by atomic mass is 16.6. The molecule has 1 heterocycles. The van der Waals surface area contributed by atoms with Crippen LogP contribution < -0.4 is 5.32 Å². The molecule has 0 aromatic rings. The van der Waals surface area contributed by atoms with E-state index in [0.717, 1.165) is 25.7 Å². The monoisotopic (exact) mass is 292 g/mol. The summed E-state index contributed by atoms with van der Waals surface area (Å²) in [4.78, 5) is 36.9. The van der Waals surface area contributed by atoms with E-state index in [0.29, 0.717) is 12.8 Å².